The van der Waals surface area contributed by atoms with Crippen LogP contribution in [0.1, 0.15) is 64.7 Å². The minimum atomic E-state index is 0.0777. The molecule has 2 aliphatic carbocycles. The maximum atomic E-state index is 12.8. The molecule has 1 N–H and O–H groups in total. The summed E-state index contributed by atoms with van der Waals surface area (Å²) in [6, 6.07) is 0.574. The van der Waals surface area contributed by atoms with Gasteiger partial charge in [0, 0.05) is 11.3 Å². The predicted molar refractivity (Wildman–Crippen MR) is 89.4 cm³/mol. The molecule has 3 rings (SSSR count). The maximum Gasteiger partial charge on any atom is 0.241 e. The van der Waals surface area contributed by atoms with Crippen LogP contribution in [0.5, 0.6) is 0 Å². The lowest BCUT2D eigenvalue weighted by molar-refractivity contribution is -0.133. The van der Waals surface area contributed by atoms with Crippen molar-refractivity contribution >= 4 is 17.7 Å². The third-order valence-corrected chi connectivity index (χ3v) is 6.99. The third-order valence-electron chi connectivity index (χ3n) is 5.85. The molecule has 1 aliphatic heterocycles. The quantitative estimate of drug-likeness (QED) is 0.864. The van der Waals surface area contributed by atoms with E-state index in [1.54, 1.807) is 0 Å². The predicted octanol–water partition coefficient (Wildman–Crippen LogP) is 3.39. The van der Waals surface area contributed by atoms with E-state index in [4.69, 9.17) is 0 Å². The summed E-state index contributed by atoms with van der Waals surface area (Å²) in [5.74, 6) is 1.09. The van der Waals surface area contributed by atoms with E-state index in [0.717, 1.165) is 11.7 Å². The molecule has 0 aromatic carbocycles. The van der Waals surface area contributed by atoms with Crippen molar-refractivity contribution in [1.82, 2.24) is 10.2 Å². The number of thioether (sulfide) groups is 1. The van der Waals surface area contributed by atoms with Crippen molar-refractivity contribution in [3.8, 4) is 0 Å². The van der Waals surface area contributed by atoms with Crippen LogP contribution in [0.25, 0.3) is 0 Å². The van der Waals surface area contributed by atoms with Gasteiger partial charge < -0.3 is 4.90 Å². The van der Waals surface area contributed by atoms with Gasteiger partial charge in [-0.05, 0) is 57.1 Å². The van der Waals surface area contributed by atoms with Gasteiger partial charge in [-0.3, -0.25) is 10.1 Å². The fraction of sp³-hybridized carbons (Fsp3) is 0.941. The summed E-state index contributed by atoms with van der Waals surface area (Å²) in [6.07, 6.45) is 13.8. The van der Waals surface area contributed by atoms with E-state index in [1.807, 2.05) is 11.8 Å². The van der Waals surface area contributed by atoms with E-state index in [2.05, 4.69) is 23.4 Å². The number of hydrogen-bond acceptors (Lipinski definition) is 3. The minimum absolute atomic E-state index is 0.0777. The highest BCUT2D eigenvalue weighted by atomic mass is 32.2. The Labute approximate surface area is 133 Å². The fourth-order valence-electron chi connectivity index (χ4n) is 4.57. The summed E-state index contributed by atoms with van der Waals surface area (Å²) in [7, 11) is 0. The van der Waals surface area contributed by atoms with Crippen LogP contribution in [0.3, 0.4) is 0 Å². The van der Waals surface area contributed by atoms with Crippen LogP contribution in [0.2, 0.25) is 0 Å². The Kier molecular flexibility index (Phi) is 5.15. The number of amides is 1. The Morgan fingerprint density at radius 3 is 2.38 bits per heavy atom. The van der Waals surface area contributed by atoms with Crippen molar-refractivity contribution in [3.05, 3.63) is 0 Å². The standard InChI is InChI=1S/C17H30N2OS/c1-3-15-17(20)19(13-8-10-14(21-2)11-9-13)16(18-15)12-6-4-5-7-12/h12-16,18H,3-11H2,1-2H3. The summed E-state index contributed by atoms with van der Waals surface area (Å²) in [5, 5.41) is 4.49. The van der Waals surface area contributed by atoms with E-state index in [9.17, 15) is 4.79 Å². The fourth-order valence-corrected chi connectivity index (χ4v) is 5.31. The lowest BCUT2D eigenvalue weighted by atomic mass is 9.92. The SMILES string of the molecule is CCC1NC(C2CCCC2)N(C2CCC(SC)CC2)C1=O. The normalized spacial score (nSPS) is 38.4. The van der Waals surface area contributed by atoms with Gasteiger partial charge in [-0.2, -0.15) is 11.8 Å². The zero-order chi connectivity index (χ0) is 14.8. The average Bonchev–Trinajstić information content (AvgIpc) is 3.15. The zero-order valence-electron chi connectivity index (χ0n) is 13.5. The molecule has 0 radical (unpaired) electrons. The summed E-state index contributed by atoms with van der Waals surface area (Å²) in [4.78, 5) is 15.1. The van der Waals surface area contributed by atoms with Crippen molar-refractivity contribution in [2.75, 3.05) is 6.26 Å². The highest BCUT2D eigenvalue weighted by molar-refractivity contribution is 7.99. The topological polar surface area (TPSA) is 32.3 Å². The lowest BCUT2D eigenvalue weighted by Gasteiger charge is -2.39. The molecule has 4 heteroatoms. The van der Waals surface area contributed by atoms with E-state index in [-0.39, 0.29) is 6.04 Å². The molecule has 2 atom stereocenters. The number of hydrogen-bond donors (Lipinski definition) is 1. The van der Waals surface area contributed by atoms with Gasteiger partial charge in [0.25, 0.3) is 0 Å². The van der Waals surface area contributed by atoms with Crippen LogP contribution in [0.4, 0.5) is 0 Å². The van der Waals surface area contributed by atoms with E-state index in [1.165, 1.54) is 51.4 Å². The molecule has 21 heavy (non-hydrogen) atoms. The molecule has 120 valence electrons. The van der Waals surface area contributed by atoms with Crippen molar-refractivity contribution in [1.29, 1.82) is 0 Å². The number of carbonyl (C=O) groups excluding carboxylic acids is 1. The van der Waals surface area contributed by atoms with Crippen molar-refractivity contribution in [3.63, 3.8) is 0 Å². The molecule has 2 saturated carbocycles. The molecular weight excluding hydrogens is 280 g/mol. The van der Waals surface area contributed by atoms with Crippen LogP contribution in [-0.4, -0.2) is 40.6 Å². The molecule has 3 nitrogen and oxygen atoms in total. The van der Waals surface area contributed by atoms with Crippen molar-refractivity contribution in [2.24, 2.45) is 5.92 Å². The van der Waals surface area contributed by atoms with Crippen LogP contribution in [-0.2, 0) is 4.79 Å². The Bertz CT molecular complexity index is 362. The minimum Gasteiger partial charge on any atom is -0.323 e. The largest absolute Gasteiger partial charge is 0.323 e. The highest BCUT2D eigenvalue weighted by Crippen LogP contribution is 2.37. The molecule has 1 amide bonds. The molecule has 0 spiro atoms. The molecule has 0 aromatic rings. The van der Waals surface area contributed by atoms with Gasteiger partial charge in [0.2, 0.25) is 5.91 Å². The molecule has 3 aliphatic rings. The molecule has 3 fully saturated rings. The first-order valence-electron chi connectivity index (χ1n) is 8.85. The Morgan fingerprint density at radius 2 is 1.81 bits per heavy atom. The molecule has 1 saturated heterocycles. The van der Waals surface area contributed by atoms with Gasteiger partial charge >= 0.3 is 0 Å². The monoisotopic (exact) mass is 310 g/mol. The van der Waals surface area contributed by atoms with Crippen LogP contribution in [0, 0.1) is 5.92 Å². The third kappa shape index (κ3) is 3.12. The number of carbonyl (C=O) groups is 1. The van der Waals surface area contributed by atoms with E-state index in [0.29, 0.717) is 24.0 Å². The maximum absolute atomic E-state index is 12.8. The summed E-state index contributed by atoms with van der Waals surface area (Å²) in [5.41, 5.74) is 0. The molecule has 1 heterocycles. The van der Waals surface area contributed by atoms with Crippen molar-refractivity contribution < 1.29 is 4.79 Å². The number of nitrogens with one attached hydrogen (secondary N) is 1. The van der Waals surface area contributed by atoms with E-state index < -0.39 is 0 Å². The van der Waals surface area contributed by atoms with Crippen LogP contribution < -0.4 is 5.32 Å². The Balaban J connectivity index is 1.71. The van der Waals surface area contributed by atoms with Gasteiger partial charge in [-0.15, -0.1) is 0 Å². The van der Waals surface area contributed by atoms with Gasteiger partial charge in [-0.25, -0.2) is 0 Å². The zero-order valence-corrected chi connectivity index (χ0v) is 14.3. The second kappa shape index (κ2) is 6.91. The molecular formula is C17H30N2OS. The lowest BCUT2D eigenvalue weighted by Crippen LogP contribution is -2.49. The summed E-state index contributed by atoms with van der Waals surface area (Å²) in [6.45, 7) is 2.13. The Morgan fingerprint density at radius 1 is 1.14 bits per heavy atom. The molecule has 2 unspecified atom stereocenters. The number of rotatable bonds is 4. The Hall–Kier alpha value is -0.220. The summed E-state index contributed by atoms with van der Waals surface area (Å²) >= 11 is 2.00. The van der Waals surface area contributed by atoms with Gasteiger partial charge in [0.15, 0.2) is 0 Å². The van der Waals surface area contributed by atoms with Gasteiger partial charge in [0.1, 0.15) is 0 Å². The van der Waals surface area contributed by atoms with Gasteiger partial charge in [-0.1, -0.05) is 19.8 Å². The average molecular weight is 311 g/mol. The first kappa shape index (κ1) is 15.7. The smallest absolute Gasteiger partial charge is 0.241 e. The number of nitrogens with zero attached hydrogens (tertiary/aromatic N) is 1. The van der Waals surface area contributed by atoms with Crippen molar-refractivity contribution in [2.45, 2.75) is 88.2 Å². The summed E-state index contributed by atoms with van der Waals surface area (Å²) < 4.78 is 0. The highest BCUT2D eigenvalue weighted by Gasteiger charge is 2.45. The first-order valence-corrected chi connectivity index (χ1v) is 10.1. The second-order valence-electron chi connectivity index (χ2n) is 7.03. The van der Waals surface area contributed by atoms with Crippen LogP contribution >= 0.6 is 11.8 Å². The van der Waals surface area contributed by atoms with E-state index >= 15 is 0 Å². The molecule has 0 bridgehead atoms. The molecule has 0 aromatic heterocycles. The van der Waals surface area contributed by atoms with Crippen LogP contribution in [0.15, 0.2) is 0 Å². The second-order valence-corrected chi connectivity index (χ2v) is 8.17. The first-order chi connectivity index (χ1) is 10.2. The van der Waals surface area contributed by atoms with Gasteiger partial charge in [0.05, 0.1) is 12.2 Å².